The Morgan fingerprint density at radius 2 is 2.11 bits per heavy atom. The van der Waals surface area contributed by atoms with E-state index < -0.39 is 0 Å². The Hall–Kier alpha value is -3.30. The van der Waals surface area contributed by atoms with Crippen molar-refractivity contribution in [1.29, 1.82) is 5.26 Å². The Morgan fingerprint density at radius 1 is 1.29 bits per heavy atom. The molecule has 0 bridgehead atoms. The predicted molar refractivity (Wildman–Crippen MR) is 107 cm³/mol. The first-order chi connectivity index (χ1) is 13.7. The summed E-state index contributed by atoms with van der Waals surface area (Å²) in [4.78, 5) is 15.0. The highest BCUT2D eigenvalue weighted by molar-refractivity contribution is 5.95. The number of likely N-dealkylation sites (tertiary alicyclic amines) is 1. The summed E-state index contributed by atoms with van der Waals surface area (Å²) in [7, 11) is 1.62. The number of hydrogen-bond donors (Lipinski definition) is 1. The first-order valence-electron chi connectivity index (χ1n) is 9.37. The van der Waals surface area contributed by atoms with Gasteiger partial charge in [-0.25, -0.2) is 0 Å². The van der Waals surface area contributed by atoms with E-state index in [9.17, 15) is 10.1 Å². The molecule has 1 atom stereocenters. The number of fused-ring (bicyclic) bond motifs is 1. The second kappa shape index (κ2) is 7.75. The lowest BCUT2D eigenvalue weighted by atomic mass is 10.1. The van der Waals surface area contributed by atoms with Gasteiger partial charge in [-0.1, -0.05) is 6.07 Å². The van der Waals surface area contributed by atoms with Crippen molar-refractivity contribution in [1.82, 2.24) is 9.30 Å². The maximum absolute atomic E-state index is 12.8. The molecular formula is C22H22N4O2. The van der Waals surface area contributed by atoms with Gasteiger partial charge in [0.1, 0.15) is 11.8 Å². The van der Waals surface area contributed by atoms with E-state index in [2.05, 4.69) is 16.3 Å². The number of carbonyl (C=O) groups is 1. The zero-order valence-corrected chi connectivity index (χ0v) is 15.8. The summed E-state index contributed by atoms with van der Waals surface area (Å²) < 4.78 is 7.12. The van der Waals surface area contributed by atoms with Crippen molar-refractivity contribution < 1.29 is 9.53 Å². The number of amides is 1. The molecule has 2 aromatic heterocycles. The summed E-state index contributed by atoms with van der Waals surface area (Å²) in [5.41, 5.74) is 3.29. The Balaban J connectivity index is 1.50. The first-order valence-corrected chi connectivity index (χ1v) is 9.37. The molecule has 0 aliphatic carbocycles. The van der Waals surface area contributed by atoms with E-state index in [1.165, 1.54) is 0 Å². The zero-order valence-electron chi connectivity index (χ0n) is 15.8. The third kappa shape index (κ3) is 3.45. The molecule has 3 heterocycles. The second-order valence-electron chi connectivity index (χ2n) is 6.98. The first kappa shape index (κ1) is 18.1. The Labute approximate surface area is 163 Å². The van der Waals surface area contributed by atoms with Gasteiger partial charge in [0.25, 0.3) is 0 Å². The lowest BCUT2D eigenvalue weighted by Gasteiger charge is -2.23. The fraction of sp³-hybridized carbons (Fsp3) is 0.273. The number of benzene rings is 1. The molecule has 1 N–H and O–H groups in total. The molecule has 1 aliphatic rings. The molecule has 1 aromatic carbocycles. The van der Waals surface area contributed by atoms with Gasteiger partial charge in [0.15, 0.2) is 0 Å². The van der Waals surface area contributed by atoms with Crippen LogP contribution in [0.4, 0.5) is 5.69 Å². The summed E-state index contributed by atoms with van der Waals surface area (Å²) >= 11 is 0. The number of anilines is 1. The largest absolute Gasteiger partial charge is 0.497 e. The number of nitriles is 1. The molecule has 0 radical (unpaired) electrons. The van der Waals surface area contributed by atoms with Gasteiger partial charge in [-0.05, 0) is 55.8 Å². The van der Waals surface area contributed by atoms with Crippen molar-refractivity contribution in [3.8, 4) is 11.8 Å². The quantitative estimate of drug-likeness (QED) is 0.743. The maximum Gasteiger partial charge on any atom is 0.241 e. The van der Waals surface area contributed by atoms with Gasteiger partial charge in [0, 0.05) is 30.2 Å². The number of carbonyl (C=O) groups excluding carboxylic acids is 1. The van der Waals surface area contributed by atoms with E-state index in [1.807, 2.05) is 59.3 Å². The number of nitrogens with one attached hydrogen (secondary N) is 1. The molecule has 1 saturated heterocycles. The SMILES string of the molecule is COc1ccc(NC(=O)C2CCCN2Cc2cn3ccccc3c2C#N)cc1. The van der Waals surface area contributed by atoms with Crippen LogP contribution in [-0.2, 0) is 11.3 Å². The molecule has 1 amide bonds. The summed E-state index contributed by atoms with van der Waals surface area (Å²) in [6.07, 6.45) is 5.72. The van der Waals surface area contributed by atoms with Gasteiger partial charge >= 0.3 is 0 Å². The monoisotopic (exact) mass is 374 g/mol. The van der Waals surface area contributed by atoms with Crippen LogP contribution in [0, 0.1) is 11.3 Å². The fourth-order valence-corrected chi connectivity index (χ4v) is 3.86. The minimum Gasteiger partial charge on any atom is -0.497 e. The Bertz CT molecular complexity index is 1030. The summed E-state index contributed by atoms with van der Waals surface area (Å²) in [5.74, 6) is 0.746. The van der Waals surface area contributed by atoms with Crippen LogP contribution < -0.4 is 10.1 Å². The highest BCUT2D eigenvalue weighted by Crippen LogP contribution is 2.25. The maximum atomic E-state index is 12.8. The van der Waals surface area contributed by atoms with Crippen molar-refractivity contribution >= 4 is 17.1 Å². The van der Waals surface area contributed by atoms with Crippen molar-refractivity contribution in [3.63, 3.8) is 0 Å². The number of methoxy groups -OCH3 is 1. The molecule has 0 saturated carbocycles. The standard InChI is InChI=1S/C22H22N4O2/c1-28-18-9-7-17(8-10-18)24-22(27)21-6-4-12-26(21)15-16-14-25-11-3-2-5-20(25)19(16)13-23/h2-3,5,7-11,14,21H,4,6,12,15H2,1H3,(H,24,27). The number of ether oxygens (including phenoxy) is 1. The minimum atomic E-state index is -0.198. The average molecular weight is 374 g/mol. The van der Waals surface area contributed by atoms with E-state index in [0.717, 1.165) is 41.9 Å². The molecular weight excluding hydrogens is 352 g/mol. The van der Waals surface area contributed by atoms with Crippen LogP contribution in [0.2, 0.25) is 0 Å². The molecule has 6 nitrogen and oxygen atoms in total. The van der Waals surface area contributed by atoms with Gasteiger partial charge in [-0.2, -0.15) is 5.26 Å². The number of pyridine rings is 1. The van der Waals surface area contributed by atoms with Crippen molar-refractivity contribution in [2.24, 2.45) is 0 Å². The molecule has 28 heavy (non-hydrogen) atoms. The van der Waals surface area contributed by atoms with Crippen LogP contribution in [0.15, 0.2) is 54.9 Å². The minimum absolute atomic E-state index is 0.00932. The average Bonchev–Trinajstić information content (AvgIpc) is 3.32. The molecule has 1 unspecified atom stereocenters. The van der Waals surface area contributed by atoms with Gasteiger partial charge in [-0.15, -0.1) is 0 Å². The van der Waals surface area contributed by atoms with E-state index in [-0.39, 0.29) is 11.9 Å². The molecule has 1 aliphatic heterocycles. The van der Waals surface area contributed by atoms with Crippen molar-refractivity contribution in [2.45, 2.75) is 25.4 Å². The van der Waals surface area contributed by atoms with E-state index >= 15 is 0 Å². The van der Waals surface area contributed by atoms with Crippen LogP contribution in [-0.4, -0.2) is 34.9 Å². The van der Waals surface area contributed by atoms with Crippen LogP contribution in [0.3, 0.4) is 0 Å². The van der Waals surface area contributed by atoms with Gasteiger partial charge in [-0.3, -0.25) is 9.69 Å². The normalized spacial score (nSPS) is 16.8. The summed E-state index contributed by atoms with van der Waals surface area (Å²) in [6, 6.07) is 15.3. The summed E-state index contributed by atoms with van der Waals surface area (Å²) in [5, 5.41) is 12.6. The van der Waals surface area contributed by atoms with Crippen LogP contribution >= 0.6 is 0 Å². The van der Waals surface area contributed by atoms with E-state index in [1.54, 1.807) is 7.11 Å². The third-order valence-electron chi connectivity index (χ3n) is 5.27. The second-order valence-corrected chi connectivity index (χ2v) is 6.98. The van der Waals surface area contributed by atoms with E-state index in [4.69, 9.17) is 4.74 Å². The van der Waals surface area contributed by atoms with Gasteiger partial charge in [0.2, 0.25) is 5.91 Å². The van der Waals surface area contributed by atoms with Crippen LogP contribution in [0.1, 0.15) is 24.0 Å². The molecule has 1 fully saturated rings. The molecule has 0 spiro atoms. The van der Waals surface area contributed by atoms with Crippen LogP contribution in [0.5, 0.6) is 5.75 Å². The lowest BCUT2D eigenvalue weighted by molar-refractivity contribution is -0.120. The van der Waals surface area contributed by atoms with Crippen molar-refractivity contribution in [3.05, 3.63) is 66.0 Å². The number of rotatable bonds is 5. The molecule has 142 valence electrons. The van der Waals surface area contributed by atoms with Crippen LogP contribution in [0.25, 0.3) is 5.52 Å². The number of aromatic nitrogens is 1. The molecule has 4 rings (SSSR count). The van der Waals surface area contributed by atoms with Gasteiger partial charge < -0.3 is 14.5 Å². The highest BCUT2D eigenvalue weighted by Gasteiger charge is 2.31. The topological polar surface area (TPSA) is 69.8 Å². The lowest BCUT2D eigenvalue weighted by Crippen LogP contribution is -2.39. The number of nitrogens with zero attached hydrogens (tertiary/aromatic N) is 3. The predicted octanol–water partition coefficient (Wildman–Crippen LogP) is 3.42. The number of hydrogen-bond acceptors (Lipinski definition) is 4. The Morgan fingerprint density at radius 3 is 2.86 bits per heavy atom. The molecule has 6 heteroatoms. The third-order valence-corrected chi connectivity index (χ3v) is 5.27. The molecule has 3 aromatic rings. The fourth-order valence-electron chi connectivity index (χ4n) is 3.86. The van der Waals surface area contributed by atoms with Gasteiger partial charge in [0.05, 0.1) is 24.2 Å². The summed E-state index contributed by atoms with van der Waals surface area (Å²) in [6.45, 7) is 1.43. The Kier molecular flexibility index (Phi) is 5.00. The highest BCUT2D eigenvalue weighted by atomic mass is 16.5. The zero-order chi connectivity index (χ0) is 19.5. The smallest absolute Gasteiger partial charge is 0.241 e. The van der Waals surface area contributed by atoms with E-state index in [0.29, 0.717) is 12.1 Å². The van der Waals surface area contributed by atoms with Crippen molar-refractivity contribution in [2.75, 3.05) is 19.0 Å².